The van der Waals surface area contributed by atoms with Gasteiger partial charge in [-0.15, -0.1) is 0 Å². The van der Waals surface area contributed by atoms with Crippen molar-refractivity contribution in [3.05, 3.63) is 34.9 Å². The molecule has 1 aromatic carbocycles. The van der Waals surface area contributed by atoms with E-state index in [4.69, 9.17) is 5.73 Å². The highest BCUT2D eigenvalue weighted by atomic mass is 14.9. The molecular formula is C14H22N2. The van der Waals surface area contributed by atoms with Gasteiger partial charge in [-0.1, -0.05) is 18.2 Å². The molecule has 1 unspecified atom stereocenters. The Morgan fingerprint density at radius 3 is 2.69 bits per heavy atom. The van der Waals surface area contributed by atoms with Crippen LogP contribution >= 0.6 is 0 Å². The topological polar surface area (TPSA) is 38.0 Å². The number of aryl methyl sites for hydroxylation is 2. The summed E-state index contributed by atoms with van der Waals surface area (Å²) in [4.78, 5) is 0. The van der Waals surface area contributed by atoms with Gasteiger partial charge in [0.25, 0.3) is 0 Å². The number of hydrogen-bond donors (Lipinski definition) is 2. The second-order valence-corrected chi connectivity index (χ2v) is 4.65. The van der Waals surface area contributed by atoms with Crippen LogP contribution in [-0.4, -0.2) is 13.6 Å². The molecule has 0 radical (unpaired) electrons. The summed E-state index contributed by atoms with van der Waals surface area (Å²) < 4.78 is 0. The van der Waals surface area contributed by atoms with Crippen LogP contribution in [0.3, 0.4) is 0 Å². The third kappa shape index (κ3) is 2.45. The van der Waals surface area contributed by atoms with E-state index in [9.17, 15) is 0 Å². The molecule has 2 nitrogen and oxygen atoms in total. The lowest BCUT2D eigenvalue weighted by Gasteiger charge is -2.20. The van der Waals surface area contributed by atoms with Gasteiger partial charge in [0.1, 0.15) is 0 Å². The van der Waals surface area contributed by atoms with E-state index in [1.807, 2.05) is 7.05 Å². The van der Waals surface area contributed by atoms with E-state index in [-0.39, 0.29) is 0 Å². The van der Waals surface area contributed by atoms with E-state index in [1.54, 1.807) is 11.1 Å². The Balaban J connectivity index is 2.21. The molecule has 2 heteroatoms. The van der Waals surface area contributed by atoms with Crippen molar-refractivity contribution in [3.8, 4) is 0 Å². The number of benzene rings is 1. The third-order valence-electron chi connectivity index (χ3n) is 3.58. The molecule has 88 valence electrons. The number of rotatable bonds is 4. The molecule has 0 aromatic heterocycles. The quantitative estimate of drug-likeness (QED) is 0.813. The first-order valence-electron chi connectivity index (χ1n) is 6.34. The fourth-order valence-corrected chi connectivity index (χ4v) is 2.61. The molecule has 0 heterocycles. The molecule has 0 fully saturated rings. The van der Waals surface area contributed by atoms with Crippen molar-refractivity contribution < 1.29 is 0 Å². The lowest BCUT2D eigenvalue weighted by Crippen LogP contribution is -2.20. The summed E-state index contributed by atoms with van der Waals surface area (Å²) >= 11 is 0. The Kier molecular flexibility index (Phi) is 3.97. The van der Waals surface area contributed by atoms with Crippen LogP contribution in [0, 0.1) is 0 Å². The largest absolute Gasteiger partial charge is 0.330 e. The Labute approximate surface area is 98.2 Å². The summed E-state index contributed by atoms with van der Waals surface area (Å²) in [6.45, 7) is 0.739. The fourth-order valence-electron chi connectivity index (χ4n) is 2.61. The zero-order valence-corrected chi connectivity index (χ0v) is 10.1. The second-order valence-electron chi connectivity index (χ2n) is 4.65. The van der Waals surface area contributed by atoms with Gasteiger partial charge in [-0.25, -0.2) is 0 Å². The minimum absolute atomic E-state index is 0.414. The molecule has 1 aliphatic rings. The van der Waals surface area contributed by atoms with Crippen LogP contribution < -0.4 is 11.1 Å². The number of nitrogens with two attached hydrogens (primary N) is 1. The van der Waals surface area contributed by atoms with Gasteiger partial charge in [0, 0.05) is 6.04 Å². The van der Waals surface area contributed by atoms with Gasteiger partial charge in [0.15, 0.2) is 0 Å². The maximum absolute atomic E-state index is 5.64. The standard InChI is InChI=1S/C14H22N2/c1-16-14(8-9-15)13-7-6-11-4-2-3-5-12(11)10-13/h6-7,10,14,16H,2-5,8-9,15H2,1H3. The molecule has 0 saturated carbocycles. The Bertz CT molecular complexity index is 347. The number of hydrogen-bond acceptors (Lipinski definition) is 2. The van der Waals surface area contributed by atoms with Gasteiger partial charge in [0.2, 0.25) is 0 Å². The van der Waals surface area contributed by atoms with E-state index in [1.165, 1.54) is 31.2 Å². The lowest BCUT2D eigenvalue weighted by atomic mass is 9.89. The molecule has 0 bridgehead atoms. The second kappa shape index (κ2) is 5.46. The predicted molar refractivity (Wildman–Crippen MR) is 68.6 cm³/mol. The molecule has 1 aromatic rings. The molecule has 0 amide bonds. The normalized spacial score (nSPS) is 16.9. The third-order valence-corrected chi connectivity index (χ3v) is 3.58. The summed E-state index contributed by atoms with van der Waals surface area (Å²) in [5.41, 5.74) is 10.1. The molecule has 3 N–H and O–H groups in total. The Morgan fingerprint density at radius 1 is 1.25 bits per heavy atom. The van der Waals surface area contributed by atoms with E-state index in [2.05, 4.69) is 23.5 Å². The molecule has 0 spiro atoms. The van der Waals surface area contributed by atoms with Crippen molar-refractivity contribution in [2.24, 2.45) is 5.73 Å². The first-order chi connectivity index (χ1) is 7.85. The Hall–Kier alpha value is -0.860. The summed E-state index contributed by atoms with van der Waals surface area (Å²) in [6, 6.07) is 7.37. The van der Waals surface area contributed by atoms with Crippen molar-refractivity contribution >= 4 is 0 Å². The van der Waals surface area contributed by atoms with E-state index < -0.39 is 0 Å². The van der Waals surface area contributed by atoms with Crippen molar-refractivity contribution in [1.29, 1.82) is 0 Å². The van der Waals surface area contributed by atoms with Gasteiger partial charge in [-0.3, -0.25) is 0 Å². The summed E-state index contributed by atoms with van der Waals surface area (Å²) in [7, 11) is 2.01. The van der Waals surface area contributed by atoms with Gasteiger partial charge < -0.3 is 11.1 Å². The van der Waals surface area contributed by atoms with E-state index in [0.29, 0.717) is 6.04 Å². The average molecular weight is 218 g/mol. The van der Waals surface area contributed by atoms with Gasteiger partial charge in [0.05, 0.1) is 0 Å². The van der Waals surface area contributed by atoms with E-state index in [0.717, 1.165) is 13.0 Å². The maximum atomic E-state index is 5.64. The minimum atomic E-state index is 0.414. The van der Waals surface area contributed by atoms with Gasteiger partial charge >= 0.3 is 0 Å². The first-order valence-corrected chi connectivity index (χ1v) is 6.34. The SMILES string of the molecule is CNC(CCN)c1ccc2c(c1)CCCC2. The van der Waals surface area contributed by atoms with Crippen molar-refractivity contribution in [1.82, 2.24) is 5.32 Å². The molecule has 16 heavy (non-hydrogen) atoms. The zero-order chi connectivity index (χ0) is 11.4. The zero-order valence-electron chi connectivity index (χ0n) is 10.1. The highest BCUT2D eigenvalue weighted by molar-refractivity contribution is 5.35. The van der Waals surface area contributed by atoms with Crippen LogP contribution in [0.5, 0.6) is 0 Å². The minimum Gasteiger partial charge on any atom is -0.330 e. The molecule has 2 rings (SSSR count). The van der Waals surface area contributed by atoms with Crippen molar-refractivity contribution in [3.63, 3.8) is 0 Å². The molecule has 1 atom stereocenters. The predicted octanol–water partition coefficient (Wildman–Crippen LogP) is 2.17. The summed E-state index contributed by atoms with van der Waals surface area (Å²) in [5, 5.41) is 3.35. The fraction of sp³-hybridized carbons (Fsp3) is 0.571. The van der Waals surface area contributed by atoms with Crippen LogP contribution in [0.1, 0.15) is 42.0 Å². The van der Waals surface area contributed by atoms with Gasteiger partial charge in [-0.05, 0) is 62.4 Å². The number of fused-ring (bicyclic) bond motifs is 1. The average Bonchev–Trinajstić information content (AvgIpc) is 2.35. The van der Waals surface area contributed by atoms with Crippen LogP contribution in [-0.2, 0) is 12.8 Å². The summed E-state index contributed by atoms with van der Waals surface area (Å²) in [6.07, 6.45) is 6.22. The highest BCUT2D eigenvalue weighted by Crippen LogP contribution is 2.25. The molecular weight excluding hydrogens is 196 g/mol. The van der Waals surface area contributed by atoms with Crippen LogP contribution in [0.15, 0.2) is 18.2 Å². The van der Waals surface area contributed by atoms with Crippen LogP contribution in [0.2, 0.25) is 0 Å². The molecule has 1 aliphatic carbocycles. The molecule has 0 saturated heterocycles. The summed E-state index contributed by atoms with van der Waals surface area (Å²) in [5.74, 6) is 0. The van der Waals surface area contributed by atoms with Gasteiger partial charge in [-0.2, -0.15) is 0 Å². The number of nitrogens with one attached hydrogen (secondary N) is 1. The first kappa shape index (κ1) is 11.6. The monoisotopic (exact) mass is 218 g/mol. The van der Waals surface area contributed by atoms with Crippen molar-refractivity contribution in [2.45, 2.75) is 38.1 Å². The van der Waals surface area contributed by atoms with Crippen LogP contribution in [0.25, 0.3) is 0 Å². The van der Waals surface area contributed by atoms with Crippen LogP contribution in [0.4, 0.5) is 0 Å². The highest BCUT2D eigenvalue weighted by Gasteiger charge is 2.13. The molecule has 0 aliphatic heterocycles. The lowest BCUT2D eigenvalue weighted by molar-refractivity contribution is 0.554. The van der Waals surface area contributed by atoms with E-state index >= 15 is 0 Å². The maximum Gasteiger partial charge on any atom is 0.0329 e. The van der Waals surface area contributed by atoms with Crippen molar-refractivity contribution in [2.75, 3.05) is 13.6 Å². The Morgan fingerprint density at radius 2 is 2.00 bits per heavy atom. The smallest absolute Gasteiger partial charge is 0.0329 e.